The van der Waals surface area contributed by atoms with Crippen LogP contribution in [0.4, 0.5) is 4.79 Å². The molecule has 2 aliphatic rings. The van der Waals surface area contributed by atoms with Crippen molar-refractivity contribution in [2.24, 2.45) is 0 Å². The van der Waals surface area contributed by atoms with Crippen molar-refractivity contribution in [3.8, 4) is 5.75 Å². The number of benzene rings is 2. The molecular weight excluding hydrogens is 380 g/mol. The van der Waals surface area contributed by atoms with Gasteiger partial charge in [-0.1, -0.05) is 42.1 Å². The zero-order valence-electron chi connectivity index (χ0n) is 14.9. The average Bonchev–Trinajstić information content (AvgIpc) is 3.02. The number of rotatable bonds is 6. The molecule has 1 N–H and O–H groups in total. The van der Waals surface area contributed by atoms with E-state index in [1.165, 1.54) is 5.06 Å². The van der Waals surface area contributed by atoms with E-state index in [1.807, 2.05) is 42.5 Å². The summed E-state index contributed by atoms with van der Waals surface area (Å²) in [6.07, 6.45) is 0.484. The minimum atomic E-state index is -0.385. The minimum Gasteiger partial charge on any atom is -0.492 e. The maximum atomic E-state index is 12.4. The molecule has 1 fully saturated rings. The van der Waals surface area contributed by atoms with Gasteiger partial charge in [0, 0.05) is 5.56 Å². The standard InChI is InChI=1S/C20H18N2O5S/c23-18-17(28-20(25)21-18)11-13-5-7-15(8-6-13)26-10-9-22-19(24)16-4-2-1-3-14(16)12-27-22/h1-8,17H,9-12H2,(H,21,23,25). The van der Waals surface area contributed by atoms with Crippen LogP contribution in [-0.2, 0) is 22.7 Å². The molecule has 7 nitrogen and oxygen atoms in total. The molecule has 0 aromatic heterocycles. The van der Waals surface area contributed by atoms with E-state index in [1.54, 1.807) is 6.07 Å². The number of nitrogens with zero attached hydrogens (tertiary/aromatic N) is 1. The van der Waals surface area contributed by atoms with Crippen molar-refractivity contribution in [3.05, 3.63) is 65.2 Å². The first-order chi connectivity index (χ1) is 13.6. The van der Waals surface area contributed by atoms with Gasteiger partial charge < -0.3 is 4.74 Å². The summed E-state index contributed by atoms with van der Waals surface area (Å²) in [4.78, 5) is 40.8. The van der Waals surface area contributed by atoms with Gasteiger partial charge >= 0.3 is 0 Å². The molecule has 1 atom stereocenters. The first-order valence-electron chi connectivity index (χ1n) is 8.86. The Kier molecular flexibility index (Phi) is 5.31. The van der Waals surface area contributed by atoms with Gasteiger partial charge in [-0.3, -0.25) is 24.5 Å². The SMILES string of the molecule is O=C1NC(=O)C(Cc2ccc(OCCN3OCc4ccccc4C3=O)cc2)S1. The summed E-state index contributed by atoms with van der Waals surface area (Å²) < 4.78 is 5.70. The Labute approximate surface area is 165 Å². The number of fused-ring (bicyclic) bond motifs is 1. The second-order valence-corrected chi connectivity index (χ2v) is 7.59. The van der Waals surface area contributed by atoms with E-state index in [0.717, 1.165) is 22.9 Å². The van der Waals surface area contributed by atoms with Gasteiger partial charge in [-0.2, -0.15) is 0 Å². The van der Waals surface area contributed by atoms with Crippen LogP contribution < -0.4 is 10.1 Å². The van der Waals surface area contributed by atoms with Crippen LogP contribution in [0.15, 0.2) is 48.5 Å². The third kappa shape index (κ3) is 4.02. The fourth-order valence-electron chi connectivity index (χ4n) is 3.07. The molecule has 0 radical (unpaired) electrons. The highest BCUT2D eigenvalue weighted by molar-refractivity contribution is 8.15. The predicted octanol–water partition coefficient (Wildman–Crippen LogP) is 2.55. The second-order valence-electron chi connectivity index (χ2n) is 6.42. The molecule has 0 spiro atoms. The molecule has 0 aliphatic carbocycles. The van der Waals surface area contributed by atoms with E-state index in [4.69, 9.17) is 9.57 Å². The van der Waals surface area contributed by atoms with Gasteiger partial charge in [0.05, 0.1) is 11.8 Å². The number of carbonyl (C=O) groups is 3. The number of hydrogen-bond donors (Lipinski definition) is 1. The van der Waals surface area contributed by atoms with Gasteiger partial charge in [-0.05, 0) is 35.7 Å². The zero-order chi connectivity index (χ0) is 19.5. The Hall–Kier alpha value is -2.84. The Morgan fingerprint density at radius 3 is 2.64 bits per heavy atom. The van der Waals surface area contributed by atoms with E-state index < -0.39 is 0 Å². The van der Waals surface area contributed by atoms with Crippen molar-refractivity contribution in [3.63, 3.8) is 0 Å². The molecule has 2 aromatic carbocycles. The fourth-order valence-corrected chi connectivity index (χ4v) is 3.93. The smallest absolute Gasteiger partial charge is 0.286 e. The van der Waals surface area contributed by atoms with Crippen molar-refractivity contribution in [2.45, 2.75) is 18.3 Å². The summed E-state index contributed by atoms with van der Waals surface area (Å²) in [6, 6.07) is 14.7. The molecule has 1 saturated heterocycles. The van der Waals surface area contributed by atoms with Crippen LogP contribution in [-0.4, -0.2) is 40.5 Å². The second kappa shape index (κ2) is 8.04. The largest absolute Gasteiger partial charge is 0.492 e. The summed E-state index contributed by atoms with van der Waals surface area (Å²) in [5.41, 5.74) is 2.49. The maximum absolute atomic E-state index is 12.4. The molecule has 28 heavy (non-hydrogen) atoms. The lowest BCUT2D eigenvalue weighted by atomic mass is 10.1. The Balaban J connectivity index is 1.27. The first-order valence-corrected chi connectivity index (χ1v) is 9.74. The van der Waals surface area contributed by atoms with Crippen LogP contribution >= 0.6 is 11.8 Å². The first kappa shape index (κ1) is 18.5. The molecule has 2 aliphatic heterocycles. The van der Waals surface area contributed by atoms with Crippen LogP contribution in [0.25, 0.3) is 0 Å². The molecule has 2 heterocycles. The van der Waals surface area contributed by atoms with Gasteiger partial charge in [-0.15, -0.1) is 0 Å². The summed E-state index contributed by atoms with van der Waals surface area (Å²) >= 11 is 1.02. The Morgan fingerprint density at radius 1 is 1.11 bits per heavy atom. The lowest BCUT2D eigenvalue weighted by Crippen LogP contribution is -2.38. The number of amides is 3. The van der Waals surface area contributed by atoms with Gasteiger partial charge in [0.1, 0.15) is 19.0 Å². The van der Waals surface area contributed by atoms with Crippen molar-refractivity contribution >= 4 is 28.8 Å². The van der Waals surface area contributed by atoms with Crippen molar-refractivity contribution in [1.82, 2.24) is 10.4 Å². The van der Waals surface area contributed by atoms with E-state index in [9.17, 15) is 14.4 Å². The number of nitrogens with one attached hydrogen (secondary N) is 1. The minimum absolute atomic E-state index is 0.164. The maximum Gasteiger partial charge on any atom is 0.286 e. The fraction of sp³-hybridized carbons (Fsp3) is 0.250. The monoisotopic (exact) mass is 398 g/mol. The van der Waals surface area contributed by atoms with Crippen LogP contribution in [0.1, 0.15) is 21.5 Å². The molecule has 144 valence electrons. The Bertz CT molecular complexity index is 915. The number of hydrogen-bond acceptors (Lipinski definition) is 6. The molecule has 4 rings (SSSR count). The molecule has 8 heteroatoms. The molecular formula is C20H18N2O5S. The number of carbonyl (C=O) groups excluding carboxylic acids is 3. The normalized spacial score (nSPS) is 18.8. The highest BCUT2D eigenvalue weighted by Gasteiger charge is 2.31. The van der Waals surface area contributed by atoms with Crippen molar-refractivity contribution < 1.29 is 24.0 Å². The number of thioether (sulfide) groups is 1. The third-order valence-electron chi connectivity index (χ3n) is 4.52. The lowest BCUT2D eigenvalue weighted by Gasteiger charge is -2.27. The van der Waals surface area contributed by atoms with Crippen LogP contribution in [0, 0.1) is 0 Å². The van der Waals surface area contributed by atoms with Crippen molar-refractivity contribution in [1.29, 1.82) is 0 Å². The topological polar surface area (TPSA) is 84.9 Å². The molecule has 0 bridgehead atoms. The van der Waals surface area contributed by atoms with Crippen LogP contribution in [0.3, 0.4) is 0 Å². The molecule has 2 aromatic rings. The average molecular weight is 398 g/mol. The molecule has 1 unspecified atom stereocenters. The zero-order valence-corrected chi connectivity index (χ0v) is 15.7. The quantitative estimate of drug-likeness (QED) is 0.805. The van der Waals surface area contributed by atoms with Crippen molar-refractivity contribution in [2.75, 3.05) is 13.2 Å². The third-order valence-corrected chi connectivity index (χ3v) is 5.51. The van der Waals surface area contributed by atoms with E-state index in [0.29, 0.717) is 37.5 Å². The summed E-state index contributed by atoms with van der Waals surface area (Å²) in [5.74, 6) is 0.249. The number of imide groups is 1. The number of hydroxylamine groups is 2. The van der Waals surface area contributed by atoms with Gasteiger partial charge in [0.2, 0.25) is 5.91 Å². The molecule has 3 amide bonds. The van der Waals surface area contributed by atoms with Crippen LogP contribution in [0.2, 0.25) is 0 Å². The van der Waals surface area contributed by atoms with E-state index in [-0.39, 0.29) is 22.3 Å². The summed E-state index contributed by atoms with van der Waals surface area (Å²) in [5, 5.41) is 2.92. The van der Waals surface area contributed by atoms with Gasteiger partial charge in [0.15, 0.2) is 0 Å². The van der Waals surface area contributed by atoms with Gasteiger partial charge in [-0.25, -0.2) is 5.06 Å². The van der Waals surface area contributed by atoms with Crippen LogP contribution in [0.5, 0.6) is 5.75 Å². The van der Waals surface area contributed by atoms with Gasteiger partial charge in [0.25, 0.3) is 11.1 Å². The van der Waals surface area contributed by atoms with E-state index in [2.05, 4.69) is 5.32 Å². The summed E-state index contributed by atoms with van der Waals surface area (Å²) in [6.45, 7) is 0.977. The lowest BCUT2D eigenvalue weighted by molar-refractivity contribution is -0.143. The highest BCUT2D eigenvalue weighted by atomic mass is 32.2. The Morgan fingerprint density at radius 2 is 1.89 bits per heavy atom. The number of ether oxygens (including phenoxy) is 1. The summed E-state index contributed by atoms with van der Waals surface area (Å²) in [7, 11) is 0. The van der Waals surface area contributed by atoms with E-state index >= 15 is 0 Å². The predicted molar refractivity (Wildman–Crippen MR) is 103 cm³/mol. The molecule has 0 saturated carbocycles. The highest BCUT2D eigenvalue weighted by Crippen LogP contribution is 2.24.